The van der Waals surface area contributed by atoms with Gasteiger partial charge >= 0.3 is 0 Å². The lowest BCUT2D eigenvalue weighted by molar-refractivity contribution is -0.112. The van der Waals surface area contributed by atoms with E-state index in [1.165, 1.54) is 0 Å². The van der Waals surface area contributed by atoms with Gasteiger partial charge in [0.15, 0.2) is 0 Å². The molecule has 6 heteroatoms. The number of piperazine rings is 1. The highest BCUT2D eigenvalue weighted by Crippen LogP contribution is 2.31. The number of aromatic nitrogens is 1. The Morgan fingerprint density at radius 2 is 1.86 bits per heavy atom. The number of nitrogens with zero attached hydrogens (tertiary/aromatic N) is 2. The van der Waals surface area contributed by atoms with Crippen molar-refractivity contribution in [2.45, 2.75) is 45.2 Å². The molecule has 2 N–H and O–H groups in total. The zero-order valence-electron chi connectivity index (χ0n) is 20.9. The summed E-state index contributed by atoms with van der Waals surface area (Å²) in [6, 6.07) is 20.2. The van der Waals surface area contributed by atoms with Crippen LogP contribution in [0.3, 0.4) is 0 Å². The van der Waals surface area contributed by atoms with E-state index in [0.29, 0.717) is 17.4 Å². The largest absolute Gasteiger partial charge is 0.366 e. The highest BCUT2D eigenvalue weighted by molar-refractivity contribution is 6.47. The first-order valence-corrected chi connectivity index (χ1v) is 13.0. The minimum absolute atomic E-state index is 0.397. The number of hydrogen-bond donors (Lipinski definition) is 2. The molecule has 1 unspecified atom stereocenters. The van der Waals surface area contributed by atoms with Crippen molar-refractivity contribution in [1.29, 1.82) is 0 Å². The summed E-state index contributed by atoms with van der Waals surface area (Å²) >= 11 is 0. The Hall–Kier alpha value is -3.64. The van der Waals surface area contributed by atoms with Crippen LogP contribution in [-0.4, -0.2) is 41.9 Å². The Bertz CT molecular complexity index is 1240. The average molecular weight is 483 g/mol. The maximum absolute atomic E-state index is 13.5. The van der Waals surface area contributed by atoms with Crippen LogP contribution in [0.15, 0.2) is 72.8 Å². The van der Waals surface area contributed by atoms with E-state index in [1.807, 2.05) is 66.1 Å². The monoisotopic (exact) mass is 482 g/mol. The lowest BCUT2D eigenvalue weighted by atomic mass is 10.0. The molecule has 1 atom stereocenters. The second-order valence-corrected chi connectivity index (χ2v) is 9.56. The number of benzene rings is 2. The summed E-state index contributed by atoms with van der Waals surface area (Å²) < 4.78 is 2.05. The van der Waals surface area contributed by atoms with Crippen LogP contribution in [-0.2, 0) is 17.8 Å². The lowest BCUT2D eigenvalue weighted by Gasteiger charge is -2.37. The van der Waals surface area contributed by atoms with Crippen LogP contribution in [0.1, 0.15) is 42.4 Å². The fourth-order valence-electron chi connectivity index (χ4n) is 5.36. The zero-order valence-corrected chi connectivity index (χ0v) is 20.9. The van der Waals surface area contributed by atoms with Crippen LogP contribution in [0, 0.1) is 0 Å². The number of ketones is 1. The Labute approximate surface area is 213 Å². The van der Waals surface area contributed by atoms with E-state index in [0.717, 1.165) is 74.4 Å². The highest BCUT2D eigenvalue weighted by atomic mass is 16.2. The number of Topliss-reactive ketones (excluding diaryl/α,β-unsaturated/α-hetero) is 1. The normalized spacial score (nSPS) is 17.7. The van der Waals surface area contributed by atoms with E-state index in [9.17, 15) is 9.59 Å². The van der Waals surface area contributed by atoms with Crippen molar-refractivity contribution in [1.82, 2.24) is 9.88 Å². The van der Waals surface area contributed by atoms with Crippen LogP contribution >= 0.6 is 0 Å². The minimum Gasteiger partial charge on any atom is -0.366 e. The van der Waals surface area contributed by atoms with Crippen LogP contribution in [0.2, 0.25) is 0 Å². The van der Waals surface area contributed by atoms with E-state index in [2.05, 4.69) is 33.8 Å². The van der Waals surface area contributed by atoms with Gasteiger partial charge in [0.1, 0.15) is 5.69 Å². The second kappa shape index (κ2) is 11.0. The molecule has 186 valence electrons. The molecule has 2 aliphatic heterocycles. The van der Waals surface area contributed by atoms with Gasteiger partial charge in [-0.05, 0) is 68.5 Å². The lowest BCUT2D eigenvalue weighted by Crippen LogP contribution is -2.51. The van der Waals surface area contributed by atoms with Gasteiger partial charge in [-0.15, -0.1) is 0 Å². The molecule has 3 heterocycles. The fourth-order valence-corrected chi connectivity index (χ4v) is 5.36. The topological polar surface area (TPSA) is 66.4 Å². The minimum atomic E-state index is -0.598. The highest BCUT2D eigenvalue weighted by Gasteiger charge is 2.28. The Morgan fingerprint density at radius 3 is 2.64 bits per heavy atom. The fraction of sp³-hybridized carbons (Fsp3) is 0.333. The van der Waals surface area contributed by atoms with Crippen LogP contribution in [0.4, 0.5) is 11.4 Å². The molecule has 36 heavy (non-hydrogen) atoms. The third kappa shape index (κ3) is 5.00. The Morgan fingerprint density at radius 1 is 1.06 bits per heavy atom. The zero-order chi connectivity index (χ0) is 24.9. The molecule has 1 fully saturated rings. The van der Waals surface area contributed by atoms with Crippen LogP contribution < -0.4 is 15.5 Å². The van der Waals surface area contributed by atoms with Gasteiger partial charge in [-0.2, -0.15) is 0 Å². The summed E-state index contributed by atoms with van der Waals surface area (Å²) in [5.74, 6) is -1.08. The summed E-state index contributed by atoms with van der Waals surface area (Å²) in [7, 11) is 0. The number of rotatable bonds is 7. The first-order chi connectivity index (χ1) is 17.7. The predicted molar refractivity (Wildman–Crippen MR) is 146 cm³/mol. The smallest absolute Gasteiger partial charge is 0.298 e. The molecule has 0 radical (unpaired) electrons. The van der Waals surface area contributed by atoms with E-state index in [-0.39, 0.29) is 0 Å². The summed E-state index contributed by atoms with van der Waals surface area (Å²) in [5.41, 5.74) is 5.19. The summed E-state index contributed by atoms with van der Waals surface area (Å²) in [4.78, 5) is 29.0. The number of carbonyl (C=O) groups excluding carboxylic acids is 2. The van der Waals surface area contributed by atoms with Gasteiger partial charge in [-0.25, -0.2) is 0 Å². The molecular formula is C30H34N4O2. The molecule has 0 saturated carbocycles. The molecule has 1 saturated heterocycles. The van der Waals surface area contributed by atoms with Crippen molar-refractivity contribution in [3.63, 3.8) is 0 Å². The number of fused-ring (bicyclic) bond motifs is 1. The molecule has 3 aromatic rings. The van der Waals surface area contributed by atoms with Gasteiger partial charge in [0, 0.05) is 54.9 Å². The maximum atomic E-state index is 13.5. The first-order valence-electron chi connectivity index (χ1n) is 13.0. The first kappa shape index (κ1) is 24.1. The van der Waals surface area contributed by atoms with Crippen molar-refractivity contribution >= 4 is 23.1 Å². The van der Waals surface area contributed by atoms with Gasteiger partial charge in [0.05, 0.1) is 0 Å². The van der Waals surface area contributed by atoms with Gasteiger partial charge in [0.25, 0.3) is 11.7 Å². The standard InChI is InChI=1S/C30H34N4O2/c1-2-3-11-26-21-31-17-19-33(26)24-15-13-23(14-16-24)32-30(36)29(35)28-27(22-9-5-4-6-10-22)20-25-12-7-8-18-34(25)28/h2-6,9-10,13-16,20,26,31H,7-8,11-12,17-19,21H2,1H3,(H,32,36)/b3-2-. The molecule has 5 rings (SSSR count). The number of amides is 1. The Balaban J connectivity index is 1.35. The summed E-state index contributed by atoms with van der Waals surface area (Å²) in [6.07, 6.45) is 8.33. The molecule has 0 bridgehead atoms. The van der Waals surface area contributed by atoms with Crippen molar-refractivity contribution in [3.05, 3.63) is 84.2 Å². The number of hydrogen-bond acceptors (Lipinski definition) is 4. The predicted octanol–water partition coefficient (Wildman–Crippen LogP) is 5.06. The molecule has 1 amide bonds. The van der Waals surface area contributed by atoms with Gasteiger partial charge in [0.2, 0.25) is 0 Å². The number of allylic oxidation sites excluding steroid dienone is 1. The second-order valence-electron chi connectivity index (χ2n) is 9.56. The van der Waals surface area contributed by atoms with E-state index >= 15 is 0 Å². The number of carbonyl (C=O) groups is 2. The number of aryl methyl sites for hydroxylation is 1. The van der Waals surface area contributed by atoms with Gasteiger partial charge < -0.3 is 20.1 Å². The molecule has 6 nitrogen and oxygen atoms in total. The van der Waals surface area contributed by atoms with Gasteiger partial charge in [-0.3, -0.25) is 9.59 Å². The van der Waals surface area contributed by atoms with Crippen molar-refractivity contribution in [2.24, 2.45) is 0 Å². The number of nitrogens with one attached hydrogen (secondary N) is 2. The van der Waals surface area contributed by atoms with Gasteiger partial charge in [-0.1, -0.05) is 42.5 Å². The van der Waals surface area contributed by atoms with Crippen LogP contribution in [0.25, 0.3) is 11.1 Å². The SMILES string of the molecule is C/C=C\CC1CNCCN1c1ccc(NC(=O)C(=O)c2c(-c3ccccc3)cc3n2CCCC3)cc1. The summed E-state index contributed by atoms with van der Waals surface area (Å²) in [6.45, 7) is 5.65. The van der Waals surface area contributed by atoms with E-state index in [4.69, 9.17) is 0 Å². The van der Waals surface area contributed by atoms with Crippen LogP contribution in [0.5, 0.6) is 0 Å². The number of anilines is 2. The molecule has 2 aromatic carbocycles. The van der Waals surface area contributed by atoms with E-state index < -0.39 is 11.7 Å². The third-order valence-electron chi connectivity index (χ3n) is 7.20. The average Bonchev–Trinajstić information content (AvgIpc) is 3.32. The van der Waals surface area contributed by atoms with Crippen molar-refractivity contribution < 1.29 is 9.59 Å². The van der Waals surface area contributed by atoms with Crippen molar-refractivity contribution in [3.8, 4) is 11.1 Å². The van der Waals surface area contributed by atoms with E-state index in [1.54, 1.807) is 0 Å². The van der Waals surface area contributed by atoms with Crippen molar-refractivity contribution in [2.75, 3.05) is 29.9 Å². The maximum Gasteiger partial charge on any atom is 0.298 e. The molecule has 2 aliphatic rings. The quantitative estimate of drug-likeness (QED) is 0.281. The molecule has 1 aromatic heterocycles. The third-order valence-corrected chi connectivity index (χ3v) is 7.20. The molecular weight excluding hydrogens is 448 g/mol. The molecule has 0 aliphatic carbocycles. The Kier molecular flexibility index (Phi) is 7.33. The molecule has 0 spiro atoms. The summed E-state index contributed by atoms with van der Waals surface area (Å²) in [5, 5.41) is 6.32.